The second-order valence-corrected chi connectivity index (χ2v) is 6.31. The van der Waals surface area contributed by atoms with Crippen molar-refractivity contribution in [3.63, 3.8) is 0 Å². The van der Waals surface area contributed by atoms with Crippen molar-refractivity contribution in [3.05, 3.63) is 60.5 Å². The molecule has 3 aromatic rings. The Morgan fingerprint density at radius 2 is 2.00 bits per heavy atom. The Hall–Kier alpha value is -2.67. The average Bonchev–Trinajstić information content (AvgIpc) is 3.15. The first-order valence-corrected chi connectivity index (χ1v) is 8.28. The molecule has 0 aliphatic carbocycles. The number of rotatable bonds is 4. The van der Waals surface area contributed by atoms with Gasteiger partial charge < -0.3 is 4.52 Å². The minimum absolute atomic E-state index is 0.0437. The number of nitrogens with zero attached hydrogens (tertiary/aromatic N) is 5. The van der Waals surface area contributed by atoms with Crippen LogP contribution in [0.5, 0.6) is 0 Å². The van der Waals surface area contributed by atoms with Gasteiger partial charge in [-0.3, -0.25) is 14.9 Å². The van der Waals surface area contributed by atoms with Crippen LogP contribution in [0, 0.1) is 0 Å². The van der Waals surface area contributed by atoms with Crippen molar-refractivity contribution < 1.29 is 8.91 Å². The molecule has 0 radical (unpaired) electrons. The molecule has 1 saturated heterocycles. The van der Waals surface area contributed by atoms with Gasteiger partial charge in [-0.05, 0) is 43.1 Å². The van der Waals surface area contributed by atoms with Crippen LogP contribution in [-0.2, 0) is 12.2 Å². The van der Waals surface area contributed by atoms with E-state index in [0.717, 1.165) is 18.5 Å². The van der Waals surface area contributed by atoms with Gasteiger partial charge in [0.25, 0.3) is 5.89 Å². The quantitative estimate of drug-likeness (QED) is 0.728. The Bertz CT molecular complexity index is 826. The second-order valence-electron chi connectivity index (χ2n) is 6.31. The third-order valence-corrected chi connectivity index (χ3v) is 4.38. The number of pyridine rings is 2. The van der Waals surface area contributed by atoms with E-state index in [0.29, 0.717) is 24.4 Å². The summed E-state index contributed by atoms with van der Waals surface area (Å²) in [5.41, 5.74) is 0.144. The molecule has 4 rings (SSSR count). The summed E-state index contributed by atoms with van der Waals surface area (Å²) in [5, 5.41) is 3.92. The van der Waals surface area contributed by atoms with Gasteiger partial charge >= 0.3 is 0 Å². The molecular formula is C18H18FN5O. The summed E-state index contributed by atoms with van der Waals surface area (Å²) in [6.45, 7) is 1.73. The highest BCUT2D eigenvalue weighted by Gasteiger charge is 2.42. The van der Waals surface area contributed by atoms with Crippen molar-refractivity contribution in [1.82, 2.24) is 25.0 Å². The highest BCUT2D eigenvalue weighted by molar-refractivity contribution is 5.52. The van der Waals surface area contributed by atoms with Crippen LogP contribution >= 0.6 is 0 Å². The molecule has 7 heteroatoms. The Kier molecular flexibility index (Phi) is 4.23. The van der Waals surface area contributed by atoms with Gasteiger partial charge in [0.2, 0.25) is 11.5 Å². The average molecular weight is 339 g/mol. The fraction of sp³-hybridized carbons (Fsp3) is 0.333. The monoisotopic (exact) mass is 339 g/mol. The topological polar surface area (TPSA) is 67.9 Å². The molecule has 4 heterocycles. The van der Waals surface area contributed by atoms with Gasteiger partial charge in [-0.1, -0.05) is 11.2 Å². The van der Waals surface area contributed by atoms with E-state index in [1.54, 1.807) is 24.7 Å². The van der Waals surface area contributed by atoms with Gasteiger partial charge in [0.1, 0.15) is 0 Å². The number of hydrogen-bond donors (Lipinski definition) is 0. The Labute approximate surface area is 144 Å². The Balaban J connectivity index is 1.52. The van der Waals surface area contributed by atoms with Crippen molar-refractivity contribution in [1.29, 1.82) is 0 Å². The predicted molar refractivity (Wildman–Crippen MR) is 89.1 cm³/mol. The van der Waals surface area contributed by atoms with Gasteiger partial charge in [0.15, 0.2) is 0 Å². The zero-order valence-electron chi connectivity index (χ0n) is 13.7. The number of halogens is 1. The maximum absolute atomic E-state index is 15.5. The first kappa shape index (κ1) is 15.8. The number of aromatic nitrogens is 4. The van der Waals surface area contributed by atoms with E-state index in [4.69, 9.17) is 4.52 Å². The number of likely N-dealkylation sites (tertiary alicyclic amines) is 1. The van der Waals surface area contributed by atoms with Gasteiger partial charge in [-0.2, -0.15) is 4.98 Å². The van der Waals surface area contributed by atoms with E-state index < -0.39 is 5.67 Å². The van der Waals surface area contributed by atoms with Crippen LogP contribution in [0.4, 0.5) is 4.39 Å². The Morgan fingerprint density at radius 3 is 2.76 bits per heavy atom. The fourth-order valence-electron chi connectivity index (χ4n) is 3.17. The van der Waals surface area contributed by atoms with Crippen molar-refractivity contribution in [2.24, 2.45) is 0 Å². The fourth-order valence-corrected chi connectivity index (χ4v) is 3.17. The summed E-state index contributed by atoms with van der Waals surface area (Å²) in [6.07, 6.45) is 7.96. The maximum atomic E-state index is 15.5. The molecule has 0 bridgehead atoms. The van der Waals surface area contributed by atoms with Gasteiger partial charge in [-0.15, -0.1) is 0 Å². The molecule has 0 amide bonds. The molecule has 1 unspecified atom stereocenters. The van der Waals surface area contributed by atoms with Crippen LogP contribution < -0.4 is 0 Å². The van der Waals surface area contributed by atoms with E-state index in [2.05, 4.69) is 25.0 Å². The molecule has 1 aliphatic rings. The van der Waals surface area contributed by atoms with Crippen LogP contribution in [0.2, 0.25) is 0 Å². The smallest absolute Gasteiger partial charge is 0.265 e. The normalized spacial score (nSPS) is 21.3. The van der Waals surface area contributed by atoms with Crippen molar-refractivity contribution in [2.45, 2.75) is 25.1 Å². The van der Waals surface area contributed by atoms with E-state index in [-0.39, 0.29) is 12.4 Å². The largest absolute Gasteiger partial charge is 0.335 e. The highest BCUT2D eigenvalue weighted by atomic mass is 19.1. The zero-order valence-corrected chi connectivity index (χ0v) is 13.7. The summed E-state index contributed by atoms with van der Waals surface area (Å²) in [7, 11) is 0. The standard InChI is InChI=1S/C18H18FN5O/c19-18(17-22-16(23-25-17)15-5-2-8-21-11-15)6-3-9-24(13-18)12-14-4-1-7-20-10-14/h1-2,4-5,7-8,10-11H,3,6,9,12-13H2. The van der Waals surface area contributed by atoms with Crippen LogP contribution in [0.3, 0.4) is 0 Å². The molecule has 0 aromatic carbocycles. The van der Waals surface area contributed by atoms with Crippen LogP contribution in [0.1, 0.15) is 24.3 Å². The molecule has 0 N–H and O–H groups in total. The molecule has 128 valence electrons. The van der Waals surface area contributed by atoms with Gasteiger partial charge in [0, 0.05) is 43.4 Å². The van der Waals surface area contributed by atoms with Gasteiger partial charge in [-0.25, -0.2) is 4.39 Å². The molecule has 1 fully saturated rings. The summed E-state index contributed by atoms with van der Waals surface area (Å²) in [5.74, 6) is 0.409. The highest BCUT2D eigenvalue weighted by Crippen LogP contribution is 2.35. The first-order valence-electron chi connectivity index (χ1n) is 8.28. The third-order valence-electron chi connectivity index (χ3n) is 4.38. The van der Waals surface area contributed by atoms with E-state index >= 15 is 4.39 Å². The van der Waals surface area contributed by atoms with Crippen molar-refractivity contribution in [3.8, 4) is 11.4 Å². The lowest BCUT2D eigenvalue weighted by molar-refractivity contribution is 0.0124. The number of piperidine rings is 1. The maximum Gasteiger partial charge on any atom is 0.265 e. The SMILES string of the molecule is FC1(c2nc(-c3cccnc3)no2)CCCN(Cc2cccnc2)C1. The van der Waals surface area contributed by atoms with Crippen LogP contribution in [0.15, 0.2) is 53.6 Å². The zero-order chi connectivity index (χ0) is 17.1. The third kappa shape index (κ3) is 3.41. The minimum atomic E-state index is -1.63. The van der Waals surface area contributed by atoms with Crippen LogP contribution in [-0.4, -0.2) is 38.1 Å². The summed E-state index contributed by atoms with van der Waals surface area (Å²) < 4.78 is 20.8. The lowest BCUT2D eigenvalue weighted by Crippen LogP contribution is -2.43. The minimum Gasteiger partial charge on any atom is -0.335 e. The Morgan fingerprint density at radius 1 is 1.16 bits per heavy atom. The van der Waals surface area contributed by atoms with Crippen molar-refractivity contribution >= 4 is 0 Å². The predicted octanol–water partition coefficient (Wildman–Crippen LogP) is 2.99. The molecule has 25 heavy (non-hydrogen) atoms. The molecular weight excluding hydrogens is 321 g/mol. The molecule has 0 spiro atoms. The number of alkyl halides is 1. The number of hydrogen-bond acceptors (Lipinski definition) is 6. The summed E-state index contributed by atoms with van der Waals surface area (Å²) in [4.78, 5) is 14.5. The summed E-state index contributed by atoms with van der Waals surface area (Å²) in [6, 6.07) is 7.49. The van der Waals surface area contributed by atoms with E-state index in [1.807, 2.05) is 24.4 Å². The molecule has 6 nitrogen and oxygen atoms in total. The second kappa shape index (κ2) is 6.68. The molecule has 1 aliphatic heterocycles. The first-order chi connectivity index (χ1) is 12.2. The van der Waals surface area contributed by atoms with Crippen molar-refractivity contribution in [2.75, 3.05) is 13.1 Å². The van der Waals surface area contributed by atoms with Gasteiger partial charge in [0.05, 0.1) is 0 Å². The van der Waals surface area contributed by atoms with Crippen LogP contribution in [0.25, 0.3) is 11.4 Å². The lowest BCUT2D eigenvalue weighted by atomic mass is 9.94. The molecule has 0 saturated carbocycles. The lowest BCUT2D eigenvalue weighted by Gasteiger charge is -2.35. The van der Waals surface area contributed by atoms with E-state index in [1.165, 1.54) is 0 Å². The molecule has 3 aromatic heterocycles. The molecule has 1 atom stereocenters. The van der Waals surface area contributed by atoms with E-state index in [9.17, 15) is 0 Å². The summed E-state index contributed by atoms with van der Waals surface area (Å²) >= 11 is 0.